The third kappa shape index (κ3) is 2.68. The molecule has 2 unspecified atom stereocenters. The lowest BCUT2D eigenvalue weighted by Crippen LogP contribution is -2.21. The van der Waals surface area contributed by atoms with E-state index in [9.17, 15) is 4.79 Å². The summed E-state index contributed by atoms with van der Waals surface area (Å²) >= 11 is 0. The number of tetrazole rings is 1. The van der Waals surface area contributed by atoms with Crippen molar-refractivity contribution >= 4 is 5.97 Å². The Balaban J connectivity index is 2.25. The molecule has 1 N–H and O–H groups in total. The SMILES string of the molecule is CC(C)C(C)c1nnnn1C(CC(=O)O)C1CC1. The lowest BCUT2D eigenvalue weighted by atomic mass is 9.96. The van der Waals surface area contributed by atoms with Crippen molar-refractivity contribution in [1.29, 1.82) is 0 Å². The first-order valence-corrected chi connectivity index (χ1v) is 6.50. The molecule has 2 rings (SSSR count). The third-order valence-electron chi connectivity index (χ3n) is 3.79. The second-order valence-corrected chi connectivity index (χ2v) is 5.52. The van der Waals surface area contributed by atoms with Crippen LogP contribution in [0, 0.1) is 11.8 Å². The van der Waals surface area contributed by atoms with E-state index < -0.39 is 5.97 Å². The number of carboxylic acids is 1. The average molecular weight is 252 g/mol. The highest BCUT2D eigenvalue weighted by Crippen LogP contribution is 2.42. The van der Waals surface area contributed by atoms with Crippen LogP contribution in [0.5, 0.6) is 0 Å². The number of hydrogen-bond acceptors (Lipinski definition) is 4. The summed E-state index contributed by atoms with van der Waals surface area (Å²) in [6.07, 6.45) is 2.26. The maximum atomic E-state index is 11.0. The van der Waals surface area contributed by atoms with Crippen LogP contribution in [-0.4, -0.2) is 31.3 Å². The summed E-state index contributed by atoms with van der Waals surface area (Å²) < 4.78 is 1.75. The minimum absolute atomic E-state index is 0.0892. The third-order valence-corrected chi connectivity index (χ3v) is 3.79. The molecule has 1 aliphatic rings. The molecule has 1 aromatic heterocycles. The Morgan fingerprint density at radius 2 is 2.11 bits per heavy atom. The van der Waals surface area contributed by atoms with Crippen LogP contribution in [-0.2, 0) is 4.79 Å². The molecule has 0 radical (unpaired) electrons. The minimum Gasteiger partial charge on any atom is -0.481 e. The Labute approximate surface area is 106 Å². The summed E-state index contributed by atoms with van der Waals surface area (Å²) in [6, 6.07) is -0.0892. The van der Waals surface area contributed by atoms with Crippen LogP contribution in [0.25, 0.3) is 0 Å². The van der Waals surface area contributed by atoms with Crippen LogP contribution in [0.2, 0.25) is 0 Å². The van der Waals surface area contributed by atoms with Crippen LogP contribution < -0.4 is 0 Å². The molecule has 1 aliphatic carbocycles. The molecular formula is C12H20N4O2. The van der Waals surface area contributed by atoms with Gasteiger partial charge in [0.15, 0.2) is 5.82 Å². The Kier molecular flexibility index (Phi) is 3.63. The molecule has 18 heavy (non-hydrogen) atoms. The zero-order chi connectivity index (χ0) is 13.3. The molecule has 0 amide bonds. The average Bonchev–Trinajstić information content (AvgIpc) is 3.02. The van der Waals surface area contributed by atoms with E-state index >= 15 is 0 Å². The lowest BCUT2D eigenvalue weighted by Gasteiger charge is -2.20. The van der Waals surface area contributed by atoms with Gasteiger partial charge in [0.25, 0.3) is 0 Å². The number of carboxylic acid groups (broad SMARTS) is 1. The summed E-state index contributed by atoms with van der Waals surface area (Å²) in [5.74, 6) is 1.10. The zero-order valence-electron chi connectivity index (χ0n) is 11.1. The van der Waals surface area contributed by atoms with E-state index in [-0.39, 0.29) is 18.4 Å². The first-order valence-electron chi connectivity index (χ1n) is 6.50. The van der Waals surface area contributed by atoms with Crippen molar-refractivity contribution < 1.29 is 9.90 Å². The fourth-order valence-electron chi connectivity index (χ4n) is 2.15. The second-order valence-electron chi connectivity index (χ2n) is 5.52. The van der Waals surface area contributed by atoms with Crippen molar-refractivity contribution in [1.82, 2.24) is 20.2 Å². The molecule has 0 bridgehead atoms. The van der Waals surface area contributed by atoms with Crippen molar-refractivity contribution in [2.45, 2.75) is 52.0 Å². The predicted molar refractivity (Wildman–Crippen MR) is 65.1 cm³/mol. The molecule has 6 nitrogen and oxygen atoms in total. The first kappa shape index (κ1) is 13.0. The van der Waals surface area contributed by atoms with E-state index in [2.05, 4.69) is 36.3 Å². The molecule has 6 heteroatoms. The molecule has 0 aromatic carbocycles. The van der Waals surface area contributed by atoms with Gasteiger partial charge in [-0.25, -0.2) is 4.68 Å². The van der Waals surface area contributed by atoms with Crippen molar-refractivity contribution in [3.8, 4) is 0 Å². The van der Waals surface area contributed by atoms with Crippen LogP contribution in [0.3, 0.4) is 0 Å². The Morgan fingerprint density at radius 3 is 2.61 bits per heavy atom. The van der Waals surface area contributed by atoms with Crippen LogP contribution in [0.15, 0.2) is 0 Å². The van der Waals surface area contributed by atoms with Gasteiger partial charge in [0.1, 0.15) is 0 Å². The van der Waals surface area contributed by atoms with Gasteiger partial charge in [-0.15, -0.1) is 5.10 Å². The maximum absolute atomic E-state index is 11.0. The maximum Gasteiger partial charge on any atom is 0.305 e. The largest absolute Gasteiger partial charge is 0.481 e. The second kappa shape index (κ2) is 5.04. The molecule has 0 saturated heterocycles. The summed E-state index contributed by atoms with van der Waals surface area (Å²) in [4.78, 5) is 11.0. The Bertz CT molecular complexity index is 425. The molecule has 1 heterocycles. The standard InChI is InChI=1S/C12H20N4O2/c1-7(2)8(3)12-13-14-15-16(12)10(6-11(17)18)9-4-5-9/h7-10H,4-6H2,1-3H3,(H,17,18). The highest BCUT2D eigenvalue weighted by molar-refractivity contribution is 5.67. The van der Waals surface area contributed by atoms with Crippen molar-refractivity contribution in [2.24, 2.45) is 11.8 Å². The lowest BCUT2D eigenvalue weighted by molar-refractivity contribution is -0.138. The molecule has 1 saturated carbocycles. The first-order chi connectivity index (χ1) is 8.50. The van der Waals surface area contributed by atoms with Gasteiger partial charge in [-0.2, -0.15) is 0 Å². The van der Waals surface area contributed by atoms with Crippen molar-refractivity contribution in [2.75, 3.05) is 0 Å². The fraction of sp³-hybridized carbons (Fsp3) is 0.833. The van der Waals surface area contributed by atoms with Gasteiger partial charge in [-0.1, -0.05) is 20.8 Å². The van der Waals surface area contributed by atoms with Gasteiger partial charge < -0.3 is 5.11 Å². The van der Waals surface area contributed by atoms with Crippen molar-refractivity contribution in [3.63, 3.8) is 0 Å². The molecule has 2 atom stereocenters. The molecule has 100 valence electrons. The van der Waals surface area contributed by atoms with E-state index in [0.29, 0.717) is 11.8 Å². The zero-order valence-corrected chi connectivity index (χ0v) is 11.1. The van der Waals surface area contributed by atoms with Gasteiger partial charge >= 0.3 is 5.97 Å². The van der Waals surface area contributed by atoms with Crippen molar-refractivity contribution in [3.05, 3.63) is 5.82 Å². The summed E-state index contributed by atoms with van der Waals surface area (Å²) in [5, 5.41) is 20.9. The quantitative estimate of drug-likeness (QED) is 0.835. The van der Waals surface area contributed by atoms with Gasteiger partial charge in [-0.05, 0) is 35.1 Å². The molecule has 0 aliphatic heterocycles. The summed E-state index contributed by atoms with van der Waals surface area (Å²) in [6.45, 7) is 6.32. The van der Waals surface area contributed by atoms with Gasteiger partial charge in [0.05, 0.1) is 12.5 Å². The topological polar surface area (TPSA) is 80.9 Å². The Morgan fingerprint density at radius 1 is 1.44 bits per heavy atom. The van der Waals surface area contributed by atoms with E-state index in [4.69, 9.17) is 5.11 Å². The van der Waals surface area contributed by atoms with Crippen LogP contribution in [0.1, 0.15) is 57.8 Å². The fourth-order valence-corrected chi connectivity index (χ4v) is 2.15. The van der Waals surface area contributed by atoms with Gasteiger partial charge in [0, 0.05) is 5.92 Å². The Hall–Kier alpha value is -1.46. The number of carbonyl (C=O) groups is 1. The van der Waals surface area contributed by atoms with Crippen LogP contribution >= 0.6 is 0 Å². The monoisotopic (exact) mass is 252 g/mol. The number of aliphatic carboxylic acids is 1. The van der Waals surface area contributed by atoms with E-state index in [1.807, 2.05) is 0 Å². The molecule has 0 spiro atoms. The predicted octanol–water partition coefficient (Wildman–Crippen LogP) is 1.86. The summed E-state index contributed by atoms with van der Waals surface area (Å²) in [5.41, 5.74) is 0. The normalized spacial score (nSPS) is 18.9. The highest BCUT2D eigenvalue weighted by Gasteiger charge is 2.37. The smallest absolute Gasteiger partial charge is 0.305 e. The molecule has 1 fully saturated rings. The van der Waals surface area contributed by atoms with Crippen LogP contribution in [0.4, 0.5) is 0 Å². The van der Waals surface area contributed by atoms with E-state index in [1.165, 1.54) is 0 Å². The minimum atomic E-state index is -0.787. The molecular weight excluding hydrogens is 232 g/mol. The van der Waals surface area contributed by atoms with E-state index in [1.54, 1.807) is 4.68 Å². The van der Waals surface area contributed by atoms with E-state index in [0.717, 1.165) is 18.7 Å². The number of aromatic nitrogens is 4. The number of nitrogens with zero attached hydrogens (tertiary/aromatic N) is 4. The molecule has 1 aromatic rings. The van der Waals surface area contributed by atoms with Gasteiger partial charge in [-0.3, -0.25) is 4.79 Å². The summed E-state index contributed by atoms with van der Waals surface area (Å²) in [7, 11) is 0. The number of rotatable bonds is 6. The number of hydrogen-bond donors (Lipinski definition) is 1. The van der Waals surface area contributed by atoms with Gasteiger partial charge in [0.2, 0.25) is 0 Å². The highest BCUT2D eigenvalue weighted by atomic mass is 16.4.